The number of anilines is 1. The van der Waals surface area contributed by atoms with Crippen LogP contribution >= 0.6 is 0 Å². The molecule has 0 radical (unpaired) electrons. The first kappa shape index (κ1) is 14.9. The van der Waals surface area contributed by atoms with E-state index in [1.54, 1.807) is 6.07 Å². The lowest BCUT2D eigenvalue weighted by molar-refractivity contribution is 0.482. The molecule has 0 aliphatic carbocycles. The second-order valence-corrected chi connectivity index (χ2v) is 6.42. The van der Waals surface area contributed by atoms with Gasteiger partial charge in [-0.25, -0.2) is 0 Å². The summed E-state index contributed by atoms with van der Waals surface area (Å²) < 4.78 is 28.6. The van der Waals surface area contributed by atoms with Crippen LogP contribution in [0.3, 0.4) is 0 Å². The summed E-state index contributed by atoms with van der Waals surface area (Å²) in [7, 11) is -3.46. The van der Waals surface area contributed by atoms with Crippen molar-refractivity contribution in [2.45, 2.75) is 19.8 Å². The van der Waals surface area contributed by atoms with E-state index in [0.29, 0.717) is 18.8 Å². The molecule has 1 aromatic rings. The molecule has 1 heterocycles. The molecule has 3 N–H and O–H groups in total. The summed E-state index contributed by atoms with van der Waals surface area (Å²) in [5.74, 6) is 5.66. The summed E-state index contributed by atoms with van der Waals surface area (Å²) >= 11 is 0. The molecule has 0 aromatic heterocycles. The van der Waals surface area contributed by atoms with Crippen molar-refractivity contribution in [1.29, 1.82) is 0 Å². The molecule has 5 nitrogen and oxygen atoms in total. The molecular formula is C14H19N3O2S. The average Bonchev–Trinajstić information content (AvgIpc) is 2.94. The van der Waals surface area contributed by atoms with Crippen LogP contribution in [0.1, 0.15) is 24.0 Å². The lowest BCUT2D eigenvalue weighted by Crippen LogP contribution is -2.33. The molecule has 1 fully saturated rings. The lowest BCUT2D eigenvalue weighted by Gasteiger charge is -2.18. The zero-order valence-electron chi connectivity index (χ0n) is 11.5. The van der Waals surface area contributed by atoms with Gasteiger partial charge in [0.05, 0.1) is 12.2 Å². The van der Waals surface area contributed by atoms with Gasteiger partial charge in [-0.05, 0) is 37.5 Å². The Morgan fingerprint density at radius 2 is 2.05 bits per heavy atom. The number of nitrogens with zero attached hydrogens (tertiary/aromatic N) is 1. The molecule has 0 amide bonds. The molecule has 20 heavy (non-hydrogen) atoms. The van der Waals surface area contributed by atoms with E-state index in [4.69, 9.17) is 5.73 Å². The highest BCUT2D eigenvalue weighted by Crippen LogP contribution is 2.21. The van der Waals surface area contributed by atoms with Crippen LogP contribution in [0.25, 0.3) is 0 Å². The molecule has 1 aliphatic rings. The second-order valence-electron chi connectivity index (χ2n) is 4.75. The smallest absolute Gasteiger partial charge is 0.301 e. The molecule has 6 heteroatoms. The van der Waals surface area contributed by atoms with Crippen LogP contribution in [-0.4, -0.2) is 32.4 Å². The van der Waals surface area contributed by atoms with E-state index >= 15 is 0 Å². The molecule has 1 saturated heterocycles. The Bertz CT molecular complexity index is 638. The molecule has 0 spiro atoms. The Labute approximate surface area is 120 Å². The van der Waals surface area contributed by atoms with Gasteiger partial charge in [-0.2, -0.15) is 12.7 Å². The zero-order chi connectivity index (χ0) is 14.6. The van der Waals surface area contributed by atoms with E-state index in [-0.39, 0.29) is 6.54 Å². The monoisotopic (exact) mass is 293 g/mol. The number of hydrogen-bond donors (Lipinski definition) is 2. The first-order chi connectivity index (χ1) is 9.53. The van der Waals surface area contributed by atoms with Crippen LogP contribution in [0.15, 0.2) is 18.2 Å². The van der Waals surface area contributed by atoms with Gasteiger partial charge in [0.1, 0.15) is 0 Å². The van der Waals surface area contributed by atoms with Gasteiger partial charge in [0.15, 0.2) is 0 Å². The van der Waals surface area contributed by atoms with Crippen molar-refractivity contribution in [3.8, 4) is 11.8 Å². The standard InChI is InChI=1S/C14H19N3O2S/c1-12-6-7-13(5-4-8-15)11-14(12)16-20(18,19)17-9-2-3-10-17/h6-7,11,16H,2-3,8-10,15H2,1H3. The van der Waals surface area contributed by atoms with E-state index in [1.165, 1.54) is 4.31 Å². The van der Waals surface area contributed by atoms with Crippen LogP contribution in [0.5, 0.6) is 0 Å². The molecule has 1 aliphatic heterocycles. The lowest BCUT2D eigenvalue weighted by atomic mass is 10.1. The largest absolute Gasteiger partial charge is 0.320 e. The van der Waals surface area contributed by atoms with Gasteiger partial charge < -0.3 is 5.73 Å². The van der Waals surface area contributed by atoms with Crippen molar-refractivity contribution in [1.82, 2.24) is 4.31 Å². The number of rotatable bonds is 3. The summed E-state index contributed by atoms with van der Waals surface area (Å²) in [6.45, 7) is 3.31. The fourth-order valence-electron chi connectivity index (χ4n) is 2.09. The molecular weight excluding hydrogens is 274 g/mol. The summed E-state index contributed by atoms with van der Waals surface area (Å²) in [5.41, 5.74) is 7.52. The fourth-order valence-corrected chi connectivity index (χ4v) is 3.46. The van der Waals surface area contributed by atoms with E-state index in [2.05, 4.69) is 16.6 Å². The summed E-state index contributed by atoms with van der Waals surface area (Å²) in [6.07, 6.45) is 1.84. The summed E-state index contributed by atoms with van der Waals surface area (Å²) in [4.78, 5) is 0. The average molecular weight is 293 g/mol. The van der Waals surface area contributed by atoms with Crippen molar-refractivity contribution >= 4 is 15.9 Å². The minimum absolute atomic E-state index is 0.280. The normalized spacial score (nSPS) is 15.7. The number of nitrogens with two attached hydrogens (primary N) is 1. The van der Waals surface area contributed by atoms with E-state index in [0.717, 1.165) is 24.0 Å². The minimum atomic E-state index is -3.46. The number of aryl methyl sites for hydroxylation is 1. The van der Waals surface area contributed by atoms with Gasteiger partial charge in [-0.3, -0.25) is 4.72 Å². The van der Waals surface area contributed by atoms with E-state index < -0.39 is 10.2 Å². The first-order valence-electron chi connectivity index (χ1n) is 6.60. The van der Waals surface area contributed by atoms with Crippen LogP contribution < -0.4 is 10.5 Å². The zero-order valence-corrected chi connectivity index (χ0v) is 12.3. The fraction of sp³-hybridized carbons (Fsp3) is 0.429. The summed E-state index contributed by atoms with van der Waals surface area (Å²) in [5, 5.41) is 0. The molecule has 0 unspecified atom stereocenters. The van der Waals surface area contributed by atoms with Crippen molar-refractivity contribution in [3.05, 3.63) is 29.3 Å². The third kappa shape index (κ3) is 3.51. The van der Waals surface area contributed by atoms with Gasteiger partial charge in [0, 0.05) is 18.7 Å². The maximum absolute atomic E-state index is 12.2. The van der Waals surface area contributed by atoms with Gasteiger partial charge in [0.25, 0.3) is 0 Å². The molecule has 108 valence electrons. The van der Waals surface area contributed by atoms with Gasteiger partial charge >= 0.3 is 10.2 Å². The molecule has 0 atom stereocenters. The number of hydrogen-bond acceptors (Lipinski definition) is 3. The SMILES string of the molecule is Cc1ccc(C#CCN)cc1NS(=O)(=O)N1CCCC1. The minimum Gasteiger partial charge on any atom is -0.320 e. The van der Waals surface area contributed by atoms with Crippen LogP contribution in [-0.2, 0) is 10.2 Å². The number of benzene rings is 1. The third-order valence-electron chi connectivity index (χ3n) is 3.22. The Balaban J connectivity index is 2.23. The van der Waals surface area contributed by atoms with Crippen molar-refractivity contribution in [3.63, 3.8) is 0 Å². The quantitative estimate of drug-likeness (QED) is 0.818. The van der Waals surface area contributed by atoms with Crippen molar-refractivity contribution < 1.29 is 8.42 Å². The Hall–Kier alpha value is -1.55. The van der Waals surface area contributed by atoms with Crippen LogP contribution in [0, 0.1) is 18.8 Å². The predicted molar refractivity (Wildman–Crippen MR) is 80.5 cm³/mol. The van der Waals surface area contributed by atoms with Crippen LogP contribution in [0.2, 0.25) is 0 Å². The summed E-state index contributed by atoms with van der Waals surface area (Å²) in [6, 6.07) is 5.44. The maximum Gasteiger partial charge on any atom is 0.301 e. The maximum atomic E-state index is 12.2. The van der Waals surface area contributed by atoms with Crippen LogP contribution in [0.4, 0.5) is 5.69 Å². The van der Waals surface area contributed by atoms with Crippen molar-refractivity contribution in [2.75, 3.05) is 24.4 Å². The van der Waals surface area contributed by atoms with E-state index in [1.807, 2.05) is 19.1 Å². The van der Waals surface area contributed by atoms with Gasteiger partial charge in [0.2, 0.25) is 0 Å². The molecule has 0 bridgehead atoms. The topological polar surface area (TPSA) is 75.4 Å². The third-order valence-corrected chi connectivity index (χ3v) is 4.74. The van der Waals surface area contributed by atoms with E-state index in [9.17, 15) is 8.42 Å². The number of nitrogens with one attached hydrogen (secondary N) is 1. The molecule has 0 saturated carbocycles. The molecule has 1 aromatic carbocycles. The second kappa shape index (κ2) is 6.27. The predicted octanol–water partition coefficient (Wildman–Crippen LogP) is 1.06. The highest BCUT2D eigenvalue weighted by Gasteiger charge is 2.25. The van der Waals surface area contributed by atoms with Gasteiger partial charge in [-0.1, -0.05) is 17.9 Å². The van der Waals surface area contributed by atoms with Crippen molar-refractivity contribution in [2.24, 2.45) is 5.73 Å². The van der Waals surface area contributed by atoms with Gasteiger partial charge in [-0.15, -0.1) is 0 Å². The molecule has 2 rings (SSSR count). The highest BCUT2D eigenvalue weighted by molar-refractivity contribution is 7.90. The first-order valence-corrected chi connectivity index (χ1v) is 8.04. The Morgan fingerprint density at radius 3 is 2.70 bits per heavy atom. The highest BCUT2D eigenvalue weighted by atomic mass is 32.2. The Morgan fingerprint density at radius 1 is 1.35 bits per heavy atom. The Kier molecular flexibility index (Phi) is 4.65.